The monoisotopic (exact) mass is 520 g/mol. The standard InChI is InChI=1S/C23H17F5N6O3/c24-15-4-2-1-3-12(15)9-34-19(17-5-6-37-32-17)7-18(31-34)20-29-8-16(25)21(30-20)33-10-13(22(35)36)14(11-33)23(26,27)28/h1-8,13-14H,9-11H2,(H,35,36)/t13-,14-/m1/s1. The van der Waals surface area contributed by atoms with E-state index < -0.39 is 54.5 Å². The molecule has 1 aromatic carbocycles. The molecule has 37 heavy (non-hydrogen) atoms. The summed E-state index contributed by atoms with van der Waals surface area (Å²) in [5.41, 5.74) is 1.18. The highest BCUT2D eigenvalue weighted by atomic mass is 19.4. The van der Waals surface area contributed by atoms with Crippen LogP contribution in [0.15, 0.2) is 53.4 Å². The number of carboxylic acid groups (broad SMARTS) is 1. The summed E-state index contributed by atoms with van der Waals surface area (Å²) in [4.78, 5) is 20.4. The number of alkyl halides is 3. The summed E-state index contributed by atoms with van der Waals surface area (Å²) >= 11 is 0. The summed E-state index contributed by atoms with van der Waals surface area (Å²) < 4.78 is 75.5. The van der Waals surface area contributed by atoms with Crippen LogP contribution in [0.5, 0.6) is 0 Å². The van der Waals surface area contributed by atoms with Crippen LogP contribution in [0.4, 0.5) is 27.8 Å². The second-order valence-electron chi connectivity index (χ2n) is 8.41. The van der Waals surface area contributed by atoms with E-state index in [0.29, 0.717) is 17.0 Å². The van der Waals surface area contributed by atoms with Gasteiger partial charge in [-0.15, -0.1) is 0 Å². The molecule has 1 aliphatic rings. The lowest BCUT2D eigenvalue weighted by atomic mass is 9.96. The highest BCUT2D eigenvalue weighted by Gasteiger charge is 2.53. The largest absolute Gasteiger partial charge is 0.481 e. The van der Waals surface area contributed by atoms with Crippen LogP contribution < -0.4 is 4.90 Å². The van der Waals surface area contributed by atoms with E-state index in [9.17, 15) is 31.9 Å². The van der Waals surface area contributed by atoms with Crippen molar-refractivity contribution in [1.29, 1.82) is 0 Å². The minimum Gasteiger partial charge on any atom is -0.481 e. The molecule has 2 atom stereocenters. The molecule has 0 aliphatic carbocycles. The van der Waals surface area contributed by atoms with E-state index in [1.54, 1.807) is 18.2 Å². The summed E-state index contributed by atoms with van der Waals surface area (Å²) in [7, 11) is 0. The van der Waals surface area contributed by atoms with E-state index in [2.05, 4.69) is 20.2 Å². The predicted octanol–water partition coefficient (Wildman–Crippen LogP) is 4.02. The zero-order valence-electron chi connectivity index (χ0n) is 18.7. The number of halogens is 5. The minimum absolute atomic E-state index is 0.0113. The molecule has 1 fully saturated rings. The molecule has 4 aromatic rings. The quantitative estimate of drug-likeness (QED) is 0.380. The maximum Gasteiger partial charge on any atom is 0.394 e. The highest BCUT2D eigenvalue weighted by molar-refractivity contribution is 5.73. The molecule has 1 aliphatic heterocycles. The van der Waals surface area contributed by atoms with Gasteiger partial charge in [-0.2, -0.15) is 18.3 Å². The number of nitrogens with zero attached hydrogens (tertiary/aromatic N) is 6. The molecule has 0 spiro atoms. The third-order valence-corrected chi connectivity index (χ3v) is 6.07. The summed E-state index contributed by atoms with van der Waals surface area (Å²) in [5.74, 6) is -7.70. The zero-order chi connectivity index (χ0) is 26.3. The van der Waals surface area contributed by atoms with Crippen molar-refractivity contribution in [2.45, 2.75) is 12.7 Å². The number of carbonyl (C=O) groups is 1. The Bertz CT molecular complexity index is 1440. The smallest absolute Gasteiger partial charge is 0.394 e. The van der Waals surface area contributed by atoms with Crippen molar-refractivity contribution in [3.63, 3.8) is 0 Å². The third kappa shape index (κ3) is 4.73. The average molecular weight is 520 g/mol. The number of aromatic nitrogens is 5. The number of carboxylic acids is 1. The SMILES string of the molecule is O=C(O)[C@@H]1CN(c2nc(-c3cc(-c4ccon4)n(Cc4ccccc4F)n3)ncc2F)C[C@H]1C(F)(F)F. The van der Waals surface area contributed by atoms with Gasteiger partial charge in [-0.05, 0) is 12.1 Å². The topological polar surface area (TPSA) is 110 Å². The first-order valence-electron chi connectivity index (χ1n) is 10.9. The molecule has 9 nitrogen and oxygen atoms in total. The Kier molecular flexibility index (Phi) is 6.09. The lowest BCUT2D eigenvalue weighted by molar-refractivity contribution is -0.187. The van der Waals surface area contributed by atoms with Gasteiger partial charge in [0.25, 0.3) is 0 Å². The van der Waals surface area contributed by atoms with Gasteiger partial charge in [0.2, 0.25) is 0 Å². The van der Waals surface area contributed by atoms with Crippen LogP contribution in [0.3, 0.4) is 0 Å². The second-order valence-corrected chi connectivity index (χ2v) is 8.41. The van der Waals surface area contributed by atoms with E-state index in [4.69, 9.17) is 4.52 Å². The Labute approximate surface area is 205 Å². The lowest BCUT2D eigenvalue weighted by Gasteiger charge is -2.19. The van der Waals surface area contributed by atoms with Crippen molar-refractivity contribution in [2.24, 2.45) is 11.8 Å². The molecule has 0 saturated carbocycles. The molecule has 0 radical (unpaired) electrons. The molecular weight excluding hydrogens is 503 g/mol. The lowest BCUT2D eigenvalue weighted by Crippen LogP contribution is -2.33. The fourth-order valence-corrected chi connectivity index (χ4v) is 4.25. The molecule has 0 bridgehead atoms. The fourth-order valence-electron chi connectivity index (χ4n) is 4.25. The number of hydrogen-bond donors (Lipinski definition) is 1. The Morgan fingerprint density at radius 2 is 1.89 bits per heavy atom. The first kappa shape index (κ1) is 24.3. The van der Waals surface area contributed by atoms with Crippen LogP contribution in [-0.4, -0.2) is 55.2 Å². The Balaban J connectivity index is 1.52. The minimum atomic E-state index is -4.79. The van der Waals surface area contributed by atoms with Gasteiger partial charge in [-0.25, -0.2) is 18.7 Å². The van der Waals surface area contributed by atoms with E-state index >= 15 is 0 Å². The van der Waals surface area contributed by atoms with Crippen LogP contribution in [0.2, 0.25) is 0 Å². The predicted molar refractivity (Wildman–Crippen MR) is 117 cm³/mol. The number of benzene rings is 1. The Morgan fingerprint density at radius 1 is 1.11 bits per heavy atom. The van der Waals surface area contributed by atoms with E-state index in [1.165, 1.54) is 29.1 Å². The molecular formula is C23H17F5N6O3. The van der Waals surface area contributed by atoms with Crippen LogP contribution in [0, 0.1) is 23.5 Å². The number of aliphatic carboxylic acids is 1. The Morgan fingerprint density at radius 3 is 2.54 bits per heavy atom. The normalized spacial score (nSPS) is 17.9. The van der Waals surface area contributed by atoms with E-state index in [1.807, 2.05) is 0 Å². The zero-order valence-corrected chi connectivity index (χ0v) is 18.7. The van der Waals surface area contributed by atoms with Gasteiger partial charge in [0.1, 0.15) is 23.5 Å². The van der Waals surface area contributed by atoms with Gasteiger partial charge in [-0.1, -0.05) is 23.4 Å². The van der Waals surface area contributed by atoms with Crippen molar-refractivity contribution in [2.75, 3.05) is 18.0 Å². The number of anilines is 1. The van der Waals surface area contributed by atoms with E-state index in [-0.39, 0.29) is 18.1 Å². The molecule has 0 unspecified atom stereocenters. The molecule has 3 aromatic heterocycles. The molecule has 0 amide bonds. The van der Waals surface area contributed by atoms with Gasteiger partial charge >= 0.3 is 12.1 Å². The van der Waals surface area contributed by atoms with Crippen LogP contribution in [0.1, 0.15) is 5.56 Å². The van der Waals surface area contributed by atoms with Crippen molar-refractivity contribution >= 4 is 11.8 Å². The molecule has 192 valence electrons. The Hall–Kier alpha value is -4.36. The van der Waals surface area contributed by atoms with Gasteiger partial charge in [0, 0.05) is 24.7 Å². The van der Waals surface area contributed by atoms with E-state index in [0.717, 1.165) is 11.1 Å². The maximum atomic E-state index is 14.6. The first-order chi connectivity index (χ1) is 17.6. The van der Waals surface area contributed by atoms with Crippen molar-refractivity contribution in [3.05, 3.63) is 66.1 Å². The summed E-state index contributed by atoms with van der Waals surface area (Å²) in [5, 5.41) is 17.5. The van der Waals surface area contributed by atoms with Crippen LogP contribution in [-0.2, 0) is 11.3 Å². The van der Waals surface area contributed by atoms with Gasteiger partial charge in [0.15, 0.2) is 17.5 Å². The van der Waals surface area contributed by atoms with Gasteiger partial charge < -0.3 is 14.5 Å². The maximum absolute atomic E-state index is 14.6. The second kappa shape index (κ2) is 9.26. The molecule has 5 rings (SSSR count). The van der Waals surface area contributed by atoms with Crippen molar-refractivity contribution < 1.29 is 36.4 Å². The van der Waals surface area contributed by atoms with Crippen LogP contribution in [0.25, 0.3) is 22.9 Å². The number of rotatable bonds is 6. The van der Waals surface area contributed by atoms with Crippen molar-refractivity contribution in [1.82, 2.24) is 24.9 Å². The van der Waals surface area contributed by atoms with Gasteiger partial charge in [0.05, 0.1) is 30.3 Å². The molecule has 4 heterocycles. The van der Waals surface area contributed by atoms with Crippen LogP contribution >= 0.6 is 0 Å². The summed E-state index contributed by atoms with van der Waals surface area (Å²) in [6.07, 6.45) is -2.69. The molecule has 14 heteroatoms. The first-order valence-corrected chi connectivity index (χ1v) is 10.9. The highest BCUT2D eigenvalue weighted by Crippen LogP contribution is 2.39. The molecule has 1 N–H and O–H groups in total. The summed E-state index contributed by atoms with van der Waals surface area (Å²) in [6, 6.07) is 9.10. The summed E-state index contributed by atoms with van der Waals surface area (Å²) in [6.45, 7) is -1.37. The average Bonchev–Trinajstić information content (AvgIpc) is 3.60. The van der Waals surface area contributed by atoms with Gasteiger partial charge in [-0.3, -0.25) is 9.48 Å². The third-order valence-electron chi connectivity index (χ3n) is 6.07. The van der Waals surface area contributed by atoms with Crippen molar-refractivity contribution in [3.8, 4) is 22.9 Å². The molecule has 1 saturated heterocycles. The number of hydrogen-bond acceptors (Lipinski definition) is 7. The fraction of sp³-hybridized carbons (Fsp3) is 0.261.